The number of nitrogens with one attached hydrogen (secondary N) is 1. The minimum atomic E-state index is -0.106. The van der Waals surface area contributed by atoms with Gasteiger partial charge in [0.2, 0.25) is 0 Å². The van der Waals surface area contributed by atoms with Gasteiger partial charge in [-0.2, -0.15) is 5.26 Å². The standard InChI is InChI=1S/C15H15N3OS/c1-2-3-7-18-14(19)13(17-15(18)20)9-11-5-4-6-12(8-11)10-16/h4-6,8-9H,2-3,7H2,1H3,(H,17,20). The molecule has 1 N–H and O–H groups in total. The van der Waals surface area contributed by atoms with Crippen molar-refractivity contribution in [2.24, 2.45) is 0 Å². The number of nitriles is 1. The molecule has 0 saturated carbocycles. The molecule has 0 atom stereocenters. The first-order chi connectivity index (χ1) is 9.65. The van der Waals surface area contributed by atoms with Crippen molar-refractivity contribution in [2.75, 3.05) is 6.54 Å². The highest BCUT2D eigenvalue weighted by Crippen LogP contribution is 2.15. The van der Waals surface area contributed by atoms with E-state index in [0.717, 1.165) is 18.4 Å². The van der Waals surface area contributed by atoms with Gasteiger partial charge in [0.25, 0.3) is 5.91 Å². The summed E-state index contributed by atoms with van der Waals surface area (Å²) in [4.78, 5) is 13.8. The first-order valence-electron chi connectivity index (χ1n) is 6.50. The summed E-state index contributed by atoms with van der Waals surface area (Å²) in [5.41, 5.74) is 1.83. The molecule has 1 saturated heterocycles. The quantitative estimate of drug-likeness (QED) is 0.682. The van der Waals surface area contributed by atoms with E-state index in [9.17, 15) is 4.79 Å². The molecule has 1 heterocycles. The molecular weight excluding hydrogens is 270 g/mol. The van der Waals surface area contributed by atoms with Gasteiger partial charge in [-0.15, -0.1) is 0 Å². The highest BCUT2D eigenvalue weighted by atomic mass is 32.1. The summed E-state index contributed by atoms with van der Waals surface area (Å²) in [5.74, 6) is -0.106. The van der Waals surface area contributed by atoms with Crippen molar-refractivity contribution in [1.82, 2.24) is 10.2 Å². The molecule has 2 rings (SSSR count). The lowest BCUT2D eigenvalue weighted by Crippen LogP contribution is -2.31. The van der Waals surface area contributed by atoms with E-state index in [1.54, 1.807) is 29.2 Å². The number of thiocarbonyl (C=S) groups is 1. The van der Waals surface area contributed by atoms with Crippen molar-refractivity contribution in [3.8, 4) is 6.07 Å². The van der Waals surface area contributed by atoms with E-state index < -0.39 is 0 Å². The number of hydrogen-bond acceptors (Lipinski definition) is 3. The van der Waals surface area contributed by atoms with Crippen LogP contribution in [-0.2, 0) is 4.79 Å². The van der Waals surface area contributed by atoms with Crippen LogP contribution < -0.4 is 5.32 Å². The van der Waals surface area contributed by atoms with Crippen LogP contribution >= 0.6 is 12.2 Å². The topological polar surface area (TPSA) is 56.1 Å². The van der Waals surface area contributed by atoms with Gasteiger partial charge in [0.15, 0.2) is 5.11 Å². The molecule has 102 valence electrons. The number of nitrogens with zero attached hydrogens (tertiary/aromatic N) is 2. The maximum Gasteiger partial charge on any atom is 0.276 e. The van der Waals surface area contributed by atoms with Crippen molar-refractivity contribution >= 4 is 29.3 Å². The molecule has 0 unspecified atom stereocenters. The second kappa shape index (κ2) is 6.31. The molecule has 0 aliphatic carbocycles. The number of unbranched alkanes of at least 4 members (excludes halogenated alkanes) is 1. The first-order valence-corrected chi connectivity index (χ1v) is 6.91. The zero-order valence-electron chi connectivity index (χ0n) is 11.2. The molecule has 1 aromatic rings. The summed E-state index contributed by atoms with van der Waals surface area (Å²) >= 11 is 5.17. The number of rotatable bonds is 4. The van der Waals surface area contributed by atoms with E-state index >= 15 is 0 Å². The number of hydrogen-bond donors (Lipinski definition) is 1. The van der Waals surface area contributed by atoms with Crippen molar-refractivity contribution in [3.05, 3.63) is 41.1 Å². The fraction of sp³-hybridized carbons (Fsp3) is 0.267. The third kappa shape index (κ3) is 3.03. The molecule has 0 bridgehead atoms. The zero-order chi connectivity index (χ0) is 14.5. The fourth-order valence-electron chi connectivity index (χ4n) is 1.96. The van der Waals surface area contributed by atoms with E-state index in [0.29, 0.717) is 22.9 Å². The Balaban J connectivity index is 2.21. The second-order valence-electron chi connectivity index (χ2n) is 4.54. The van der Waals surface area contributed by atoms with Crippen molar-refractivity contribution in [1.29, 1.82) is 5.26 Å². The lowest BCUT2D eigenvalue weighted by atomic mass is 10.1. The molecule has 5 heteroatoms. The van der Waals surface area contributed by atoms with Crippen LogP contribution in [0.3, 0.4) is 0 Å². The van der Waals surface area contributed by atoms with Gasteiger partial charge < -0.3 is 5.32 Å². The zero-order valence-corrected chi connectivity index (χ0v) is 12.0. The molecule has 4 nitrogen and oxygen atoms in total. The summed E-state index contributed by atoms with van der Waals surface area (Å²) in [6.07, 6.45) is 3.65. The van der Waals surface area contributed by atoms with Gasteiger partial charge in [-0.25, -0.2) is 0 Å². The minimum absolute atomic E-state index is 0.106. The average Bonchev–Trinajstić information content (AvgIpc) is 2.72. The summed E-state index contributed by atoms with van der Waals surface area (Å²) in [6, 6.07) is 9.18. The Labute approximate surface area is 123 Å². The van der Waals surface area contributed by atoms with Crippen molar-refractivity contribution in [2.45, 2.75) is 19.8 Å². The molecular formula is C15H15N3OS. The van der Waals surface area contributed by atoms with Gasteiger partial charge in [-0.05, 0) is 42.4 Å². The smallest absolute Gasteiger partial charge is 0.276 e. The summed E-state index contributed by atoms with van der Waals surface area (Å²) in [7, 11) is 0. The van der Waals surface area contributed by atoms with Crippen LogP contribution in [0.5, 0.6) is 0 Å². The number of benzene rings is 1. The largest absolute Gasteiger partial charge is 0.328 e. The van der Waals surface area contributed by atoms with Gasteiger partial charge in [0.05, 0.1) is 11.6 Å². The highest BCUT2D eigenvalue weighted by molar-refractivity contribution is 7.80. The minimum Gasteiger partial charge on any atom is -0.328 e. The third-order valence-corrected chi connectivity index (χ3v) is 3.35. The lowest BCUT2D eigenvalue weighted by molar-refractivity contribution is -0.122. The van der Waals surface area contributed by atoms with Crippen LogP contribution in [0.25, 0.3) is 6.08 Å². The number of carbonyl (C=O) groups excluding carboxylic acids is 1. The van der Waals surface area contributed by atoms with Gasteiger partial charge in [-0.3, -0.25) is 9.69 Å². The van der Waals surface area contributed by atoms with Gasteiger partial charge >= 0.3 is 0 Å². The third-order valence-electron chi connectivity index (χ3n) is 3.02. The Morgan fingerprint density at radius 1 is 1.50 bits per heavy atom. The number of amides is 1. The van der Waals surface area contributed by atoms with Crippen molar-refractivity contribution in [3.63, 3.8) is 0 Å². The van der Waals surface area contributed by atoms with Gasteiger partial charge in [0.1, 0.15) is 5.70 Å². The van der Waals surface area contributed by atoms with Crippen LogP contribution in [0.1, 0.15) is 30.9 Å². The Morgan fingerprint density at radius 2 is 2.30 bits per heavy atom. The predicted octanol–water partition coefficient (Wildman–Crippen LogP) is 2.42. The molecule has 1 aliphatic rings. The Morgan fingerprint density at radius 3 is 3.00 bits per heavy atom. The molecule has 0 aromatic heterocycles. The summed E-state index contributed by atoms with van der Waals surface area (Å²) in [6.45, 7) is 2.71. The Bertz CT molecular complexity index is 616. The number of carbonyl (C=O) groups is 1. The van der Waals surface area contributed by atoms with Crippen molar-refractivity contribution < 1.29 is 4.79 Å². The molecule has 0 spiro atoms. The van der Waals surface area contributed by atoms with E-state index in [1.165, 1.54) is 0 Å². The van der Waals surface area contributed by atoms with Crippen LogP contribution in [0.4, 0.5) is 0 Å². The predicted molar refractivity (Wildman–Crippen MR) is 81.5 cm³/mol. The molecule has 0 radical (unpaired) electrons. The van der Waals surface area contributed by atoms with Crippen LogP contribution in [0, 0.1) is 11.3 Å². The summed E-state index contributed by atoms with van der Waals surface area (Å²) in [5, 5.41) is 12.3. The van der Waals surface area contributed by atoms with E-state index in [1.807, 2.05) is 6.07 Å². The molecule has 1 fully saturated rings. The SMILES string of the molecule is CCCCN1C(=O)C(=Cc2cccc(C#N)c2)NC1=S. The van der Waals surface area contributed by atoms with E-state index in [4.69, 9.17) is 17.5 Å². The van der Waals surface area contributed by atoms with Gasteiger partial charge in [0, 0.05) is 6.54 Å². The highest BCUT2D eigenvalue weighted by Gasteiger charge is 2.29. The normalized spacial score (nSPS) is 16.4. The maximum absolute atomic E-state index is 12.2. The fourth-order valence-corrected chi connectivity index (χ4v) is 2.24. The Kier molecular flexibility index (Phi) is 4.49. The lowest BCUT2D eigenvalue weighted by Gasteiger charge is -2.12. The second-order valence-corrected chi connectivity index (χ2v) is 4.92. The monoisotopic (exact) mass is 285 g/mol. The molecule has 20 heavy (non-hydrogen) atoms. The van der Waals surface area contributed by atoms with E-state index in [2.05, 4.69) is 18.3 Å². The van der Waals surface area contributed by atoms with Crippen LogP contribution in [0.2, 0.25) is 0 Å². The van der Waals surface area contributed by atoms with Crippen LogP contribution in [-0.4, -0.2) is 22.5 Å². The molecule has 1 aromatic carbocycles. The van der Waals surface area contributed by atoms with Gasteiger partial charge in [-0.1, -0.05) is 25.5 Å². The summed E-state index contributed by atoms with van der Waals surface area (Å²) < 4.78 is 0. The van der Waals surface area contributed by atoms with E-state index in [-0.39, 0.29) is 5.91 Å². The first kappa shape index (κ1) is 14.2. The molecule has 1 amide bonds. The average molecular weight is 285 g/mol. The Hall–Kier alpha value is -2.19. The van der Waals surface area contributed by atoms with Crippen LogP contribution in [0.15, 0.2) is 30.0 Å². The molecule has 1 aliphatic heterocycles. The maximum atomic E-state index is 12.2.